The van der Waals surface area contributed by atoms with Crippen LogP contribution in [0.1, 0.15) is 30.0 Å². The minimum absolute atomic E-state index is 0.352. The zero-order valence-electron chi connectivity index (χ0n) is 12.9. The Morgan fingerprint density at radius 2 is 1.95 bits per heavy atom. The summed E-state index contributed by atoms with van der Waals surface area (Å²) < 4.78 is 1.19. The Balaban J connectivity index is 1.62. The molecule has 1 saturated heterocycles. The maximum absolute atomic E-state index is 6.08. The van der Waals surface area contributed by atoms with Crippen molar-refractivity contribution in [2.24, 2.45) is 11.7 Å². The number of halogens is 1. The summed E-state index contributed by atoms with van der Waals surface area (Å²) in [6.07, 6.45) is 2.89. The van der Waals surface area contributed by atoms with Crippen LogP contribution in [0.15, 0.2) is 22.7 Å². The molecule has 1 heterocycles. The Kier molecular flexibility index (Phi) is 4.99. The number of hydrogen-bond donors (Lipinski definition) is 1. The summed E-state index contributed by atoms with van der Waals surface area (Å²) in [5.41, 5.74) is 8.70. The van der Waals surface area contributed by atoms with Crippen molar-refractivity contribution in [1.29, 1.82) is 0 Å². The minimum Gasteiger partial charge on any atom is -0.329 e. The summed E-state index contributed by atoms with van der Waals surface area (Å²) in [5, 5.41) is 0. The highest BCUT2D eigenvalue weighted by Crippen LogP contribution is 2.31. The fraction of sp³-hybridized carbons (Fsp3) is 0.647. The molecule has 1 atom stereocenters. The van der Waals surface area contributed by atoms with E-state index < -0.39 is 0 Å². The molecule has 0 amide bonds. The molecule has 4 heteroatoms. The van der Waals surface area contributed by atoms with Gasteiger partial charge in [-0.15, -0.1) is 0 Å². The first-order valence-corrected chi connectivity index (χ1v) is 8.89. The first-order chi connectivity index (χ1) is 10.2. The molecular formula is C17H26BrN3. The molecule has 21 heavy (non-hydrogen) atoms. The van der Waals surface area contributed by atoms with Crippen molar-refractivity contribution in [2.45, 2.75) is 25.8 Å². The van der Waals surface area contributed by atoms with Crippen LogP contribution in [0.4, 0.5) is 0 Å². The summed E-state index contributed by atoms with van der Waals surface area (Å²) in [4.78, 5) is 5.19. The maximum Gasteiger partial charge on any atom is 0.0471 e. The van der Waals surface area contributed by atoms with Crippen molar-refractivity contribution >= 4 is 15.9 Å². The standard InChI is InChI=1S/C17H26BrN3/c1-13-2-5-15(10-16(13)18)17(11-19)21-8-6-20(7-9-21)12-14-3-4-14/h2,5,10,14,17H,3-4,6-9,11-12,19H2,1H3. The lowest BCUT2D eigenvalue weighted by atomic mass is 10.0. The molecule has 3 rings (SSSR count). The van der Waals surface area contributed by atoms with Crippen molar-refractivity contribution in [3.05, 3.63) is 33.8 Å². The summed E-state index contributed by atoms with van der Waals surface area (Å²) >= 11 is 3.64. The van der Waals surface area contributed by atoms with Crippen LogP contribution in [0, 0.1) is 12.8 Å². The molecule has 1 aromatic rings. The molecule has 3 nitrogen and oxygen atoms in total. The van der Waals surface area contributed by atoms with Crippen LogP contribution in [0.2, 0.25) is 0 Å². The average molecular weight is 352 g/mol. The molecule has 0 aromatic heterocycles. The van der Waals surface area contributed by atoms with Crippen LogP contribution in [0.25, 0.3) is 0 Å². The molecule has 0 bridgehead atoms. The quantitative estimate of drug-likeness (QED) is 0.885. The lowest BCUT2D eigenvalue weighted by molar-refractivity contribution is 0.0955. The Hall–Kier alpha value is -0.420. The Labute approximate surface area is 136 Å². The first kappa shape index (κ1) is 15.5. The summed E-state index contributed by atoms with van der Waals surface area (Å²) in [5.74, 6) is 0.995. The van der Waals surface area contributed by atoms with E-state index in [1.165, 1.54) is 48.1 Å². The van der Waals surface area contributed by atoms with Crippen LogP contribution in [-0.2, 0) is 0 Å². The van der Waals surface area contributed by atoms with Gasteiger partial charge in [-0.05, 0) is 42.9 Å². The van der Waals surface area contributed by atoms with Crippen molar-refractivity contribution in [3.8, 4) is 0 Å². The van der Waals surface area contributed by atoms with Crippen molar-refractivity contribution in [3.63, 3.8) is 0 Å². The van der Waals surface area contributed by atoms with Crippen molar-refractivity contribution < 1.29 is 0 Å². The van der Waals surface area contributed by atoms with E-state index in [0.717, 1.165) is 19.0 Å². The number of benzene rings is 1. The Morgan fingerprint density at radius 1 is 1.24 bits per heavy atom. The molecule has 2 N–H and O–H groups in total. The van der Waals surface area contributed by atoms with E-state index >= 15 is 0 Å². The Bertz CT molecular complexity index is 479. The number of nitrogens with two attached hydrogens (primary N) is 1. The number of aryl methyl sites for hydroxylation is 1. The Morgan fingerprint density at radius 3 is 2.52 bits per heavy atom. The van der Waals surface area contributed by atoms with Gasteiger partial charge in [0.25, 0.3) is 0 Å². The van der Waals surface area contributed by atoms with E-state index in [4.69, 9.17) is 5.73 Å². The second-order valence-electron chi connectivity index (χ2n) is 6.54. The summed E-state index contributed by atoms with van der Waals surface area (Å²) in [6.45, 7) is 8.80. The van der Waals surface area contributed by atoms with E-state index in [1.807, 2.05) is 0 Å². The topological polar surface area (TPSA) is 32.5 Å². The van der Waals surface area contributed by atoms with E-state index in [0.29, 0.717) is 12.6 Å². The van der Waals surface area contributed by atoms with Crippen LogP contribution in [-0.4, -0.2) is 49.1 Å². The molecule has 116 valence electrons. The molecule has 1 unspecified atom stereocenters. The molecule has 1 saturated carbocycles. The molecule has 1 aliphatic carbocycles. The zero-order valence-corrected chi connectivity index (χ0v) is 14.5. The summed E-state index contributed by atoms with van der Waals surface area (Å²) in [7, 11) is 0. The fourth-order valence-electron chi connectivity index (χ4n) is 3.24. The van der Waals surface area contributed by atoms with Gasteiger partial charge in [0.1, 0.15) is 0 Å². The highest BCUT2D eigenvalue weighted by Gasteiger charge is 2.28. The molecule has 2 fully saturated rings. The molecule has 1 aromatic carbocycles. The van der Waals surface area contributed by atoms with Crippen LogP contribution in [0.3, 0.4) is 0 Å². The van der Waals surface area contributed by atoms with Crippen molar-refractivity contribution in [1.82, 2.24) is 9.80 Å². The second kappa shape index (κ2) is 6.78. The van der Waals surface area contributed by atoms with E-state index in [1.54, 1.807) is 0 Å². The van der Waals surface area contributed by atoms with Gasteiger partial charge in [-0.25, -0.2) is 0 Å². The molecule has 0 radical (unpaired) electrons. The van der Waals surface area contributed by atoms with E-state index in [2.05, 4.69) is 50.9 Å². The highest BCUT2D eigenvalue weighted by molar-refractivity contribution is 9.10. The monoisotopic (exact) mass is 351 g/mol. The normalized spacial score (nSPS) is 22.4. The second-order valence-corrected chi connectivity index (χ2v) is 7.39. The van der Waals surface area contributed by atoms with Gasteiger partial charge in [0.05, 0.1) is 0 Å². The first-order valence-electron chi connectivity index (χ1n) is 8.10. The largest absolute Gasteiger partial charge is 0.329 e. The van der Waals surface area contributed by atoms with Crippen LogP contribution < -0.4 is 5.73 Å². The lowest BCUT2D eigenvalue weighted by Crippen LogP contribution is -2.49. The molecule has 2 aliphatic rings. The third-order valence-electron chi connectivity index (χ3n) is 4.86. The maximum atomic E-state index is 6.08. The predicted molar refractivity (Wildman–Crippen MR) is 91.4 cm³/mol. The fourth-order valence-corrected chi connectivity index (χ4v) is 3.63. The SMILES string of the molecule is Cc1ccc(C(CN)N2CCN(CC3CC3)CC2)cc1Br. The smallest absolute Gasteiger partial charge is 0.0471 e. The number of piperazine rings is 1. The van der Waals surface area contributed by atoms with E-state index in [9.17, 15) is 0 Å². The minimum atomic E-state index is 0.352. The third-order valence-corrected chi connectivity index (χ3v) is 5.72. The van der Waals surface area contributed by atoms with Crippen molar-refractivity contribution in [2.75, 3.05) is 39.3 Å². The predicted octanol–water partition coefficient (Wildman–Crippen LogP) is 2.78. The molecule has 1 aliphatic heterocycles. The number of nitrogens with zero attached hydrogens (tertiary/aromatic N) is 2. The van der Waals surface area contributed by atoms with Gasteiger partial charge in [0.15, 0.2) is 0 Å². The zero-order chi connectivity index (χ0) is 14.8. The number of hydrogen-bond acceptors (Lipinski definition) is 3. The van der Waals surface area contributed by atoms with Gasteiger partial charge < -0.3 is 10.6 Å². The molecular weight excluding hydrogens is 326 g/mol. The summed E-state index contributed by atoms with van der Waals surface area (Å²) in [6, 6.07) is 7.01. The van der Waals surface area contributed by atoms with Gasteiger partial charge >= 0.3 is 0 Å². The lowest BCUT2D eigenvalue weighted by Gasteiger charge is -2.39. The van der Waals surface area contributed by atoms with E-state index in [-0.39, 0.29) is 0 Å². The van der Waals surface area contributed by atoms with Gasteiger partial charge in [-0.3, -0.25) is 4.90 Å². The average Bonchev–Trinajstić information content (AvgIpc) is 3.29. The van der Waals surface area contributed by atoms with Crippen LogP contribution >= 0.6 is 15.9 Å². The third kappa shape index (κ3) is 3.86. The van der Waals surface area contributed by atoms with Gasteiger partial charge in [0, 0.05) is 49.8 Å². The highest BCUT2D eigenvalue weighted by atomic mass is 79.9. The molecule has 0 spiro atoms. The van der Waals surface area contributed by atoms with Gasteiger partial charge in [0.2, 0.25) is 0 Å². The van der Waals surface area contributed by atoms with Gasteiger partial charge in [-0.1, -0.05) is 28.1 Å². The van der Waals surface area contributed by atoms with Crippen LogP contribution in [0.5, 0.6) is 0 Å². The number of rotatable bonds is 5. The van der Waals surface area contributed by atoms with Gasteiger partial charge in [-0.2, -0.15) is 0 Å².